The molecule has 4 nitrogen and oxygen atoms in total. The summed E-state index contributed by atoms with van der Waals surface area (Å²) in [5.74, 6) is 0. The van der Waals surface area contributed by atoms with Crippen molar-refractivity contribution in [2.75, 3.05) is 6.54 Å². The van der Waals surface area contributed by atoms with Gasteiger partial charge < -0.3 is 4.57 Å². The molecule has 0 amide bonds. The standard InChI is InChI=1S/C18H16Cl2N2O2S/c1-21-17-5-3-2-4-13(17)14-11-22(9-8-18(14)21)25(23,24)12-6-7-15(19)16(20)10-12/h2-7,10H,8-9,11H2,1H3. The Balaban J connectivity index is 1.77. The van der Waals surface area contributed by atoms with Gasteiger partial charge in [0.15, 0.2) is 0 Å². The van der Waals surface area contributed by atoms with Gasteiger partial charge in [-0.05, 0) is 29.8 Å². The zero-order valence-electron chi connectivity index (χ0n) is 13.5. The van der Waals surface area contributed by atoms with E-state index in [0.717, 1.165) is 16.5 Å². The molecule has 25 heavy (non-hydrogen) atoms. The second kappa shape index (κ2) is 6.02. The molecule has 2 heterocycles. The minimum absolute atomic E-state index is 0.172. The zero-order chi connectivity index (χ0) is 17.8. The number of nitrogens with zero attached hydrogens (tertiary/aromatic N) is 2. The summed E-state index contributed by atoms with van der Waals surface area (Å²) in [7, 11) is -1.59. The van der Waals surface area contributed by atoms with Crippen LogP contribution in [0.15, 0.2) is 47.4 Å². The van der Waals surface area contributed by atoms with Crippen molar-refractivity contribution in [3.63, 3.8) is 0 Å². The van der Waals surface area contributed by atoms with Crippen LogP contribution in [0.3, 0.4) is 0 Å². The molecule has 4 rings (SSSR count). The average Bonchev–Trinajstić information content (AvgIpc) is 2.90. The first-order valence-corrected chi connectivity index (χ1v) is 10.1. The molecule has 0 spiro atoms. The van der Waals surface area contributed by atoms with Crippen LogP contribution in [0, 0.1) is 0 Å². The summed E-state index contributed by atoms with van der Waals surface area (Å²) in [6, 6.07) is 12.5. The smallest absolute Gasteiger partial charge is 0.243 e. The number of benzene rings is 2. The van der Waals surface area contributed by atoms with Gasteiger partial charge in [-0.3, -0.25) is 0 Å². The quantitative estimate of drug-likeness (QED) is 0.652. The lowest BCUT2D eigenvalue weighted by molar-refractivity contribution is 0.388. The Hall–Kier alpha value is -1.53. The van der Waals surface area contributed by atoms with Crippen LogP contribution in [-0.4, -0.2) is 23.8 Å². The first-order chi connectivity index (χ1) is 11.9. The van der Waals surface area contributed by atoms with Crippen LogP contribution in [0.2, 0.25) is 10.0 Å². The van der Waals surface area contributed by atoms with Crippen LogP contribution in [-0.2, 0) is 30.0 Å². The minimum Gasteiger partial charge on any atom is -0.347 e. The van der Waals surface area contributed by atoms with Gasteiger partial charge >= 0.3 is 0 Å². The Bertz CT molecular complexity index is 1090. The summed E-state index contributed by atoms with van der Waals surface area (Å²) in [4.78, 5) is 0.172. The molecule has 2 aromatic carbocycles. The fourth-order valence-corrected chi connectivity index (χ4v) is 5.30. The molecule has 0 unspecified atom stereocenters. The van der Waals surface area contributed by atoms with Crippen molar-refractivity contribution in [3.8, 4) is 0 Å². The summed E-state index contributed by atoms with van der Waals surface area (Å²) < 4.78 is 29.7. The van der Waals surface area contributed by atoms with E-state index in [1.807, 2.05) is 25.2 Å². The molecule has 0 saturated heterocycles. The summed E-state index contributed by atoms with van der Waals surface area (Å²) in [5.41, 5.74) is 3.40. The number of hydrogen-bond donors (Lipinski definition) is 0. The number of sulfonamides is 1. The molecule has 0 aliphatic carbocycles. The molecule has 1 aliphatic rings. The van der Waals surface area contributed by atoms with Crippen molar-refractivity contribution < 1.29 is 8.42 Å². The fraction of sp³-hybridized carbons (Fsp3) is 0.222. The average molecular weight is 395 g/mol. The number of para-hydroxylation sites is 1. The van der Waals surface area contributed by atoms with Crippen molar-refractivity contribution in [2.24, 2.45) is 7.05 Å². The maximum Gasteiger partial charge on any atom is 0.243 e. The summed E-state index contributed by atoms with van der Waals surface area (Å²) >= 11 is 11.9. The Morgan fingerprint density at radius 1 is 1.04 bits per heavy atom. The molecule has 0 bridgehead atoms. The van der Waals surface area contributed by atoms with Crippen LogP contribution in [0.4, 0.5) is 0 Å². The van der Waals surface area contributed by atoms with E-state index in [0.29, 0.717) is 24.5 Å². The summed E-state index contributed by atoms with van der Waals surface area (Å²) in [5, 5.41) is 1.69. The molecule has 1 aliphatic heterocycles. The lowest BCUT2D eigenvalue weighted by atomic mass is 10.1. The molecule has 130 valence electrons. The second-order valence-electron chi connectivity index (χ2n) is 6.17. The number of aryl methyl sites for hydroxylation is 1. The van der Waals surface area contributed by atoms with E-state index < -0.39 is 10.0 Å². The molecule has 0 saturated carbocycles. The first-order valence-electron chi connectivity index (χ1n) is 7.90. The number of fused-ring (bicyclic) bond motifs is 3. The van der Waals surface area contributed by atoms with Crippen LogP contribution in [0.1, 0.15) is 11.3 Å². The predicted molar refractivity (Wildman–Crippen MR) is 101 cm³/mol. The molecule has 1 aromatic heterocycles. The molecular formula is C18H16Cl2N2O2S. The predicted octanol–water partition coefficient (Wildman–Crippen LogP) is 4.23. The Labute approximate surface area is 156 Å². The van der Waals surface area contributed by atoms with Gasteiger partial charge in [-0.25, -0.2) is 8.42 Å². The molecule has 3 aromatic rings. The minimum atomic E-state index is -3.62. The van der Waals surface area contributed by atoms with Crippen molar-refractivity contribution in [2.45, 2.75) is 17.9 Å². The Kier molecular flexibility index (Phi) is 4.07. The lowest BCUT2D eigenvalue weighted by Crippen LogP contribution is -2.36. The third-order valence-electron chi connectivity index (χ3n) is 4.81. The van der Waals surface area contributed by atoms with Gasteiger partial charge in [0.05, 0.1) is 14.9 Å². The van der Waals surface area contributed by atoms with Crippen molar-refractivity contribution >= 4 is 44.1 Å². The zero-order valence-corrected chi connectivity index (χ0v) is 15.9. The van der Waals surface area contributed by atoms with Crippen molar-refractivity contribution in [1.29, 1.82) is 0 Å². The van der Waals surface area contributed by atoms with Gasteiger partial charge in [-0.15, -0.1) is 0 Å². The summed E-state index contributed by atoms with van der Waals surface area (Å²) in [6.45, 7) is 0.805. The molecule has 0 radical (unpaired) electrons. The van der Waals surface area contributed by atoms with E-state index in [1.165, 1.54) is 28.2 Å². The van der Waals surface area contributed by atoms with Crippen LogP contribution < -0.4 is 0 Å². The highest BCUT2D eigenvalue weighted by Crippen LogP contribution is 2.33. The molecular weight excluding hydrogens is 379 g/mol. The van der Waals surface area contributed by atoms with E-state index in [2.05, 4.69) is 10.6 Å². The normalized spacial score (nSPS) is 15.5. The van der Waals surface area contributed by atoms with E-state index in [4.69, 9.17) is 23.2 Å². The van der Waals surface area contributed by atoms with Crippen LogP contribution in [0.5, 0.6) is 0 Å². The third kappa shape index (κ3) is 2.66. The van der Waals surface area contributed by atoms with Crippen molar-refractivity contribution in [1.82, 2.24) is 8.87 Å². The van der Waals surface area contributed by atoms with Gasteiger partial charge in [0, 0.05) is 43.2 Å². The lowest BCUT2D eigenvalue weighted by Gasteiger charge is -2.27. The van der Waals surface area contributed by atoms with E-state index in [-0.39, 0.29) is 9.92 Å². The largest absolute Gasteiger partial charge is 0.347 e. The Morgan fingerprint density at radius 3 is 2.56 bits per heavy atom. The fourth-order valence-electron chi connectivity index (χ4n) is 3.50. The summed E-state index contributed by atoms with van der Waals surface area (Å²) in [6.07, 6.45) is 0.682. The van der Waals surface area contributed by atoms with Gasteiger partial charge in [0.25, 0.3) is 0 Å². The van der Waals surface area contributed by atoms with Gasteiger partial charge in [-0.1, -0.05) is 41.4 Å². The molecule has 7 heteroatoms. The monoisotopic (exact) mass is 394 g/mol. The maximum atomic E-state index is 13.0. The number of aromatic nitrogens is 1. The number of hydrogen-bond acceptors (Lipinski definition) is 2. The maximum absolute atomic E-state index is 13.0. The molecule has 0 fully saturated rings. The number of rotatable bonds is 2. The van der Waals surface area contributed by atoms with E-state index in [1.54, 1.807) is 0 Å². The highest BCUT2D eigenvalue weighted by Gasteiger charge is 2.31. The van der Waals surface area contributed by atoms with Crippen LogP contribution >= 0.6 is 23.2 Å². The van der Waals surface area contributed by atoms with E-state index >= 15 is 0 Å². The highest BCUT2D eigenvalue weighted by molar-refractivity contribution is 7.89. The molecule has 0 N–H and O–H groups in total. The second-order valence-corrected chi connectivity index (χ2v) is 8.92. The topological polar surface area (TPSA) is 42.3 Å². The van der Waals surface area contributed by atoms with E-state index in [9.17, 15) is 8.42 Å². The SMILES string of the molecule is Cn1c2c(c3ccccc31)CN(S(=O)(=O)c1ccc(Cl)c(Cl)c1)CC2. The number of halogens is 2. The first kappa shape index (κ1) is 16.9. The van der Waals surface area contributed by atoms with Crippen LogP contribution in [0.25, 0.3) is 10.9 Å². The third-order valence-corrected chi connectivity index (χ3v) is 7.39. The van der Waals surface area contributed by atoms with Gasteiger partial charge in [0.1, 0.15) is 0 Å². The van der Waals surface area contributed by atoms with Gasteiger partial charge in [0.2, 0.25) is 10.0 Å². The van der Waals surface area contributed by atoms with Gasteiger partial charge in [-0.2, -0.15) is 4.31 Å². The Morgan fingerprint density at radius 2 is 1.80 bits per heavy atom. The molecule has 0 atom stereocenters. The highest BCUT2D eigenvalue weighted by atomic mass is 35.5. The van der Waals surface area contributed by atoms with Crippen molar-refractivity contribution in [3.05, 3.63) is 63.8 Å².